The van der Waals surface area contributed by atoms with E-state index in [1.165, 1.54) is 36.8 Å². The molecule has 2 aliphatic carbocycles. The van der Waals surface area contributed by atoms with E-state index in [4.69, 9.17) is 9.47 Å². The molecule has 0 saturated heterocycles. The van der Waals surface area contributed by atoms with Crippen LogP contribution in [-0.2, 0) is 20.8 Å². The quantitative estimate of drug-likeness (QED) is 0.217. The number of nitrogens with one attached hydrogen (secondary N) is 1. The third-order valence-electron chi connectivity index (χ3n) is 8.41. The maximum Gasteiger partial charge on any atom is 0.419 e. The number of carbonyl (C=O) groups excluding carboxylic acids is 1. The number of hydrogen-bond donors (Lipinski definition) is 1. The SMILES string of the molecule is COc1ncc(-c2cnc(N(C(=O)OC3CC(F)(F)C3)C3CCC(Nc4ncc(C(F)(F)F)c(-c5cncc(S(C)(=O)=O)c5)n4)CC3)cn2)cn1. The Hall–Kier alpha value is -5.14. The molecule has 4 aromatic rings. The minimum atomic E-state index is -4.84. The Labute approximate surface area is 287 Å². The maximum absolute atomic E-state index is 13.9. The molecule has 20 heteroatoms. The summed E-state index contributed by atoms with van der Waals surface area (Å²) in [6.07, 6.45) is 3.05. The lowest BCUT2D eigenvalue weighted by molar-refractivity contribution is -0.144. The number of amides is 1. The first-order valence-electron chi connectivity index (χ1n) is 15.5. The lowest BCUT2D eigenvalue weighted by atomic mass is 9.90. The number of alkyl halides is 5. The highest BCUT2D eigenvalue weighted by Crippen LogP contribution is 2.40. The van der Waals surface area contributed by atoms with Crippen LogP contribution < -0.4 is 15.0 Å². The maximum atomic E-state index is 13.9. The molecule has 0 atom stereocenters. The van der Waals surface area contributed by atoms with E-state index in [1.54, 1.807) is 0 Å². The molecule has 0 radical (unpaired) electrons. The number of carbonyl (C=O) groups is 1. The molecule has 0 unspecified atom stereocenters. The Morgan fingerprint density at radius 1 is 0.922 bits per heavy atom. The summed E-state index contributed by atoms with van der Waals surface area (Å²) in [4.78, 5) is 43.1. The van der Waals surface area contributed by atoms with Crippen molar-refractivity contribution < 1.29 is 44.6 Å². The Balaban J connectivity index is 1.19. The summed E-state index contributed by atoms with van der Waals surface area (Å²) < 4.78 is 103. The zero-order valence-electron chi connectivity index (χ0n) is 27.0. The van der Waals surface area contributed by atoms with Crippen molar-refractivity contribution >= 4 is 27.7 Å². The van der Waals surface area contributed by atoms with Crippen LogP contribution in [0.15, 0.2) is 54.3 Å². The van der Waals surface area contributed by atoms with Gasteiger partial charge in [0.05, 0.1) is 35.8 Å². The van der Waals surface area contributed by atoms with Crippen LogP contribution in [0.25, 0.3) is 22.5 Å². The van der Waals surface area contributed by atoms with Gasteiger partial charge < -0.3 is 14.8 Å². The highest BCUT2D eigenvalue weighted by atomic mass is 32.2. The number of ether oxygens (including phenoxy) is 2. The highest BCUT2D eigenvalue weighted by Gasteiger charge is 2.48. The molecule has 1 amide bonds. The molecule has 1 N–H and O–H groups in total. The van der Waals surface area contributed by atoms with Gasteiger partial charge in [-0.25, -0.2) is 46.9 Å². The summed E-state index contributed by atoms with van der Waals surface area (Å²) in [7, 11) is -2.35. The van der Waals surface area contributed by atoms with Crippen LogP contribution in [0.2, 0.25) is 0 Å². The first-order valence-corrected chi connectivity index (χ1v) is 17.4. The average molecular weight is 736 g/mol. The van der Waals surface area contributed by atoms with Crippen molar-refractivity contribution in [3.05, 3.63) is 55.0 Å². The number of hydrogen-bond acceptors (Lipinski definition) is 13. The number of rotatable bonds is 9. The zero-order chi connectivity index (χ0) is 36.6. The van der Waals surface area contributed by atoms with Gasteiger partial charge in [0, 0.05) is 73.3 Å². The van der Waals surface area contributed by atoms with Crippen LogP contribution >= 0.6 is 0 Å². The Morgan fingerprint density at radius 3 is 2.22 bits per heavy atom. The number of halogens is 5. The smallest absolute Gasteiger partial charge is 0.419 e. The van der Waals surface area contributed by atoms with Crippen molar-refractivity contribution in [3.63, 3.8) is 0 Å². The lowest BCUT2D eigenvalue weighted by Gasteiger charge is -2.39. The fraction of sp³-hybridized carbons (Fsp3) is 0.419. The molecule has 14 nitrogen and oxygen atoms in total. The van der Waals surface area contributed by atoms with Crippen molar-refractivity contribution in [2.75, 3.05) is 23.6 Å². The summed E-state index contributed by atoms with van der Waals surface area (Å²) in [5, 5.41) is 3.04. The standard InChI is InChI=1S/C31H30F5N9O5S/c1-49-28-41-11-18(12-42-28)24-15-39-25(16-38-24)45(29(46)50-21-8-30(32,33)9-21)20-5-3-19(4-6-20)43-27-40-14-23(31(34,35)36)26(44-27)17-7-22(13-37-10-17)51(2,47)48/h7,10-16,19-21H,3-6,8-9H2,1-2H3,(H,40,43,44). The summed E-state index contributed by atoms with van der Waals surface area (Å²) in [6, 6.07) is 0.395. The van der Waals surface area contributed by atoms with Crippen molar-refractivity contribution in [1.29, 1.82) is 0 Å². The Kier molecular flexibility index (Phi) is 9.71. The van der Waals surface area contributed by atoms with E-state index in [9.17, 15) is 35.2 Å². The van der Waals surface area contributed by atoms with E-state index in [0.29, 0.717) is 43.1 Å². The van der Waals surface area contributed by atoms with Gasteiger partial charge in [-0.15, -0.1) is 0 Å². The van der Waals surface area contributed by atoms with Gasteiger partial charge in [-0.3, -0.25) is 14.9 Å². The Morgan fingerprint density at radius 2 is 1.63 bits per heavy atom. The van der Waals surface area contributed by atoms with Gasteiger partial charge in [-0.1, -0.05) is 0 Å². The van der Waals surface area contributed by atoms with Crippen LogP contribution in [0.4, 0.5) is 38.5 Å². The van der Waals surface area contributed by atoms with Crippen molar-refractivity contribution in [3.8, 4) is 28.5 Å². The number of nitrogens with zero attached hydrogens (tertiary/aromatic N) is 8. The van der Waals surface area contributed by atoms with Gasteiger partial charge in [-0.05, 0) is 31.7 Å². The summed E-state index contributed by atoms with van der Waals surface area (Å²) in [5.74, 6) is -2.91. The number of aromatic nitrogens is 7. The first kappa shape index (κ1) is 35.7. The van der Waals surface area contributed by atoms with Crippen molar-refractivity contribution in [1.82, 2.24) is 34.9 Å². The first-order chi connectivity index (χ1) is 24.1. The van der Waals surface area contributed by atoms with Crippen molar-refractivity contribution in [2.45, 2.75) is 73.7 Å². The van der Waals surface area contributed by atoms with E-state index in [-0.39, 0.29) is 34.3 Å². The molecule has 51 heavy (non-hydrogen) atoms. The molecule has 0 aliphatic heterocycles. The predicted octanol–water partition coefficient (Wildman–Crippen LogP) is 5.38. The van der Waals surface area contributed by atoms with Crippen LogP contribution in [0.5, 0.6) is 6.01 Å². The predicted molar refractivity (Wildman–Crippen MR) is 170 cm³/mol. The van der Waals surface area contributed by atoms with Crippen LogP contribution in [0, 0.1) is 0 Å². The lowest BCUT2D eigenvalue weighted by Crippen LogP contribution is -2.49. The van der Waals surface area contributed by atoms with E-state index < -0.39 is 64.3 Å². The molecule has 0 aromatic carbocycles. The fourth-order valence-electron chi connectivity index (χ4n) is 5.76. The van der Waals surface area contributed by atoms with Gasteiger partial charge in [-0.2, -0.15) is 13.2 Å². The zero-order valence-corrected chi connectivity index (χ0v) is 27.8. The van der Waals surface area contributed by atoms with Crippen LogP contribution in [-0.4, -0.2) is 86.9 Å². The molecular formula is C31H30F5N9O5S. The van der Waals surface area contributed by atoms with Gasteiger partial charge in [0.1, 0.15) is 11.7 Å². The second-order valence-electron chi connectivity index (χ2n) is 12.1. The fourth-order valence-corrected chi connectivity index (χ4v) is 6.35. The molecule has 2 saturated carbocycles. The molecular weight excluding hydrogens is 705 g/mol. The topological polar surface area (TPSA) is 175 Å². The van der Waals surface area contributed by atoms with E-state index >= 15 is 0 Å². The van der Waals surface area contributed by atoms with E-state index in [2.05, 4.69) is 40.2 Å². The van der Waals surface area contributed by atoms with Crippen LogP contribution in [0.3, 0.4) is 0 Å². The normalized spacial score (nSPS) is 19.1. The van der Waals surface area contributed by atoms with Gasteiger partial charge >= 0.3 is 18.3 Å². The monoisotopic (exact) mass is 735 g/mol. The van der Waals surface area contributed by atoms with Crippen LogP contribution in [0.1, 0.15) is 44.1 Å². The molecule has 270 valence electrons. The van der Waals surface area contributed by atoms with E-state index in [1.807, 2.05) is 0 Å². The van der Waals surface area contributed by atoms with Gasteiger partial charge in [0.2, 0.25) is 5.95 Å². The largest absolute Gasteiger partial charge is 0.467 e. The molecule has 6 rings (SSSR count). The number of pyridine rings is 1. The molecule has 0 bridgehead atoms. The molecule has 2 aliphatic rings. The van der Waals surface area contributed by atoms with E-state index in [0.717, 1.165) is 24.7 Å². The van der Waals surface area contributed by atoms with Gasteiger partial charge in [0.15, 0.2) is 15.7 Å². The number of sulfone groups is 1. The second-order valence-corrected chi connectivity index (χ2v) is 14.2. The minimum absolute atomic E-state index is 0.126. The van der Waals surface area contributed by atoms with Gasteiger partial charge in [0.25, 0.3) is 5.92 Å². The summed E-state index contributed by atoms with van der Waals surface area (Å²) in [5.41, 5.74) is -0.958. The number of anilines is 2. The van der Waals surface area contributed by atoms with Crippen molar-refractivity contribution in [2.24, 2.45) is 0 Å². The third kappa shape index (κ3) is 8.26. The Bertz CT molecular complexity index is 1990. The minimum Gasteiger partial charge on any atom is -0.467 e. The average Bonchev–Trinajstić information content (AvgIpc) is 3.08. The third-order valence-corrected chi connectivity index (χ3v) is 9.49. The second kappa shape index (κ2) is 13.9. The summed E-state index contributed by atoms with van der Waals surface area (Å²) >= 11 is 0. The highest BCUT2D eigenvalue weighted by molar-refractivity contribution is 7.90. The molecule has 4 aromatic heterocycles. The molecule has 0 spiro atoms. The molecule has 2 fully saturated rings. The summed E-state index contributed by atoms with van der Waals surface area (Å²) in [6.45, 7) is 0. The molecule has 4 heterocycles. The number of methoxy groups -OCH3 is 1.